The van der Waals surface area contributed by atoms with Gasteiger partial charge >= 0.3 is 12.1 Å². The van der Waals surface area contributed by atoms with E-state index < -0.39 is 18.2 Å². The molecule has 0 aliphatic rings. The molecule has 0 saturated heterocycles. The van der Waals surface area contributed by atoms with Gasteiger partial charge in [-0.05, 0) is 32.9 Å². The van der Waals surface area contributed by atoms with Crippen molar-refractivity contribution in [1.82, 2.24) is 9.78 Å². The number of hydrogen-bond acceptors (Lipinski definition) is 5. The Morgan fingerprint density at radius 3 is 2.57 bits per heavy atom. The highest BCUT2D eigenvalue weighted by Gasteiger charge is 2.36. The number of halogens is 4. The number of aromatic nitrogens is 2. The number of aryl methyl sites for hydroxylation is 1. The molecule has 0 radical (unpaired) electrons. The first-order chi connectivity index (χ1) is 13.1. The molecule has 1 heterocycles. The highest BCUT2D eigenvalue weighted by molar-refractivity contribution is 6.36. The summed E-state index contributed by atoms with van der Waals surface area (Å²) in [5.74, 6) is -0.372. The highest BCUT2D eigenvalue weighted by atomic mass is 35.5. The van der Waals surface area contributed by atoms with E-state index in [-0.39, 0.29) is 28.8 Å². The van der Waals surface area contributed by atoms with Crippen LogP contribution in [-0.2, 0) is 11.3 Å². The van der Waals surface area contributed by atoms with Crippen LogP contribution < -0.4 is 10.1 Å². The molecule has 6 nitrogen and oxygen atoms in total. The van der Waals surface area contributed by atoms with Gasteiger partial charge in [0.05, 0.1) is 19.4 Å². The molecule has 0 aliphatic carbocycles. The quantitative estimate of drug-likeness (QED) is 0.655. The fourth-order valence-electron chi connectivity index (χ4n) is 2.56. The van der Waals surface area contributed by atoms with Crippen LogP contribution >= 0.6 is 11.6 Å². The zero-order valence-electron chi connectivity index (χ0n) is 15.9. The van der Waals surface area contributed by atoms with E-state index in [1.807, 2.05) is 6.92 Å². The normalized spacial score (nSPS) is 12.6. The lowest BCUT2D eigenvalue weighted by Gasteiger charge is -2.19. The molecular formula is C18H21ClF3N3O3. The number of nitrogens with one attached hydrogen (secondary N) is 1. The first-order valence-electron chi connectivity index (χ1n) is 8.59. The molecule has 0 aliphatic heterocycles. The number of carbonyl (C=O) groups excluding carboxylic acids is 1. The van der Waals surface area contributed by atoms with Gasteiger partial charge in [0.25, 0.3) is 0 Å². The van der Waals surface area contributed by atoms with Crippen LogP contribution in [0.25, 0.3) is 11.3 Å². The summed E-state index contributed by atoms with van der Waals surface area (Å²) in [5, 5.41) is 6.66. The number of hydrogen-bond donors (Lipinski definition) is 1. The molecule has 0 amide bonds. The number of benzene rings is 1. The first-order valence-corrected chi connectivity index (χ1v) is 8.96. The molecule has 2 aromatic rings. The lowest BCUT2D eigenvalue weighted by molar-refractivity contribution is -0.138. The summed E-state index contributed by atoms with van der Waals surface area (Å²) in [5.41, 5.74) is 1.10. The average molecular weight is 420 g/mol. The van der Waals surface area contributed by atoms with Crippen LogP contribution in [0.1, 0.15) is 31.3 Å². The smallest absolute Gasteiger partial charge is 0.408 e. The monoisotopic (exact) mass is 419 g/mol. The van der Waals surface area contributed by atoms with Crippen molar-refractivity contribution < 1.29 is 27.4 Å². The molecule has 1 N–H and O–H groups in total. The van der Waals surface area contributed by atoms with E-state index in [2.05, 4.69) is 10.4 Å². The third-order valence-electron chi connectivity index (χ3n) is 3.99. The van der Waals surface area contributed by atoms with Gasteiger partial charge in [0, 0.05) is 23.9 Å². The molecule has 10 heteroatoms. The SMILES string of the molecule is CCOC(=O)c1nn(CC)c(-c2ccc(N[C@H](C)C(F)(F)F)cc2OC)c1Cl. The minimum Gasteiger partial charge on any atom is -0.496 e. The maximum atomic E-state index is 12.8. The Balaban J connectivity index is 2.49. The second kappa shape index (κ2) is 8.72. The minimum absolute atomic E-state index is 0.0321. The highest BCUT2D eigenvalue weighted by Crippen LogP contribution is 2.39. The molecule has 0 unspecified atom stereocenters. The van der Waals surface area contributed by atoms with E-state index in [9.17, 15) is 18.0 Å². The van der Waals surface area contributed by atoms with Crippen molar-refractivity contribution in [3.63, 3.8) is 0 Å². The van der Waals surface area contributed by atoms with Crippen molar-refractivity contribution in [3.8, 4) is 17.0 Å². The molecule has 1 atom stereocenters. The fourth-order valence-corrected chi connectivity index (χ4v) is 2.88. The summed E-state index contributed by atoms with van der Waals surface area (Å²) in [6.45, 7) is 5.08. The van der Waals surface area contributed by atoms with Gasteiger partial charge in [0.2, 0.25) is 0 Å². The van der Waals surface area contributed by atoms with Crippen LogP contribution in [0, 0.1) is 0 Å². The zero-order chi connectivity index (χ0) is 21.1. The molecule has 28 heavy (non-hydrogen) atoms. The van der Waals surface area contributed by atoms with Gasteiger partial charge in [0.1, 0.15) is 16.8 Å². The molecule has 2 rings (SSSR count). The number of anilines is 1. The van der Waals surface area contributed by atoms with E-state index in [4.69, 9.17) is 21.1 Å². The number of esters is 1. The third-order valence-corrected chi connectivity index (χ3v) is 4.35. The molecule has 1 aromatic carbocycles. The Bertz CT molecular complexity index is 853. The number of methoxy groups -OCH3 is 1. The van der Waals surface area contributed by atoms with Crippen molar-refractivity contribution in [1.29, 1.82) is 0 Å². The summed E-state index contributed by atoms with van der Waals surface area (Å²) in [7, 11) is 1.39. The van der Waals surface area contributed by atoms with Crippen molar-refractivity contribution in [2.75, 3.05) is 19.0 Å². The van der Waals surface area contributed by atoms with E-state index in [0.29, 0.717) is 17.8 Å². The van der Waals surface area contributed by atoms with E-state index >= 15 is 0 Å². The molecule has 1 aromatic heterocycles. The van der Waals surface area contributed by atoms with Gasteiger partial charge in [-0.2, -0.15) is 18.3 Å². The van der Waals surface area contributed by atoms with Crippen LogP contribution in [0.5, 0.6) is 5.75 Å². The van der Waals surface area contributed by atoms with Crippen LogP contribution in [0.2, 0.25) is 5.02 Å². The largest absolute Gasteiger partial charge is 0.496 e. The van der Waals surface area contributed by atoms with Crippen LogP contribution in [-0.4, -0.2) is 41.7 Å². The second-order valence-corrected chi connectivity index (χ2v) is 6.25. The maximum Gasteiger partial charge on any atom is 0.408 e. The number of nitrogens with zero attached hydrogens (tertiary/aromatic N) is 2. The van der Waals surface area contributed by atoms with E-state index in [1.54, 1.807) is 13.0 Å². The van der Waals surface area contributed by atoms with Crippen LogP contribution in [0.3, 0.4) is 0 Å². The van der Waals surface area contributed by atoms with Gasteiger partial charge in [-0.3, -0.25) is 4.68 Å². The van der Waals surface area contributed by atoms with Crippen molar-refractivity contribution in [2.24, 2.45) is 0 Å². The predicted octanol–water partition coefficient (Wildman–Crippen LogP) is 4.77. The molecule has 0 fully saturated rings. The molecule has 154 valence electrons. The number of carbonyl (C=O) groups is 1. The van der Waals surface area contributed by atoms with Crippen LogP contribution in [0.15, 0.2) is 18.2 Å². The van der Waals surface area contributed by atoms with Gasteiger partial charge in [-0.15, -0.1) is 0 Å². The fraction of sp³-hybridized carbons (Fsp3) is 0.444. The minimum atomic E-state index is -4.38. The zero-order valence-corrected chi connectivity index (χ0v) is 16.6. The molecule has 0 spiro atoms. The summed E-state index contributed by atoms with van der Waals surface area (Å²) in [6.07, 6.45) is -4.38. The standard InChI is InChI=1S/C18H21ClF3N3O3/c1-5-25-16(14(19)15(24-25)17(26)28-6-2)12-8-7-11(9-13(12)27-4)23-10(3)18(20,21)22/h7-10,23H,5-6H2,1-4H3/t10-/m1/s1. The van der Waals surface area contributed by atoms with Gasteiger partial charge < -0.3 is 14.8 Å². The Morgan fingerprint density at radius 2 is 2.04 bits per heavy atom. The Hall–Kier alpha value is -2.42. The maximum absolute atomic E-state index is 12.8. The topological polar surface area (TPSA) is 65.4 Å². The third kappa shape index (κ3) is 4.52. The average Bonchev–Trinajstić information content (AvgIpc) is 2.97. The Morgan fingerprint density at radius 1 is 1.36 bits per heavy atom. The second-order valence-electron chi connectivity index (χ2n) is 5.87. The summed E-state index contributed by atoms with van der Waals surface area (Å²) < 4.78 is 50.2. The molecule has 0 saturated carbocycles. The lowest BCUT2D eigenvalue weighted by Crippen LogP contribution is -2.33. The Labute approximate surface area is 165 Å². The van der Waals surface area contributed by atoms with E-state index in [0.717, 1.165) is 6.92 Å². The number of rotatable bonds is 7. The number of ether oxygens (including phenoxy) is 2. The van der Waals surface area contributed by atoms with Gasteiger partial charge in [-0.25, -0.2) is 4.79 Å². The summed E-state index contributed by atoms with van der Waals surface area (Å²) in [6, 6.07) is 2.75. The Kier molecular flexibility index (Phi) is 6.82. The van der Waals surface area contributed by atoms with Crippen molar-refractivity contribution >= 4 is 23.3 Å². The summed E-state index contributed by atoms with van der Waals surface area (Å²) >= 11 is 6.38. The lowest BCUT2D eigenvalue weighted by atomic mass is 10.1. The molecular weight excluding hydrogens is 399 g/mol. The summed E-state index contributed by atoms with van der Waals surface area (Å²) in [4.78, 5) is 12.1. The number of alkyl halides is 3. The van der Waals surface area contributed by atoms with Gasteiger partial charge in [-0.1, -0.05) is 11.6 Å². The molecule has 0 bridgehead atoms. The van der Waals surface area contributed by atoms with Crippen molar-refractivity contribution in [2.45, 2.75) is 39.5 Å². The first kappa shape index (κ1) is 21.9. The van der Waals surface area contributed by atoms with Crippen molar-refractivity contribution in [3.05, 3.63) is 28.9 Å². The van der Waals surface area contributed by atoms with E-state index in [1.165, 1.54) is 23.9 Å². The van der Waals surface area contributed by atoms with Crippen LogP contribution in [0.4, 0.5) is 18.9 Å². The predicted molar refractivity (Wildman–Crippen MR) is 100.0 cm³/mol. The van der Waals surface area contributed by atoms with Gasteiger partial charge in [0.15, 0.2) is 5.69 Å².